The van der Waals surface area contributed by atoms with Gasteiger partial charge >= 0.3 is 6.18 Å². The van der Waals surface area contributed by atoms with Crippen LogP contribution in [0.4, 0.5) is 13.2 Å². The number of aliphatic hydroxyl groups excluding tert-OH is 1. The molecule has 0 aliphatic rings. The van der Waals surface area contributed by atoms with Gasteiger partial charge in [-0.15, -0.1) is 0 Å². The number of hydrogen-bond donors (Lipinski definition) is 1. The summed E-state index contributed by atoms with van der Waals surface area (Å²) in [6.45, 7) is 3.73. The van der Waals surface area contributed by atoms with E-state index in [1.807, 2.05) is 13.8 Å². The van der Waals surface area contributed by atoms with Gasteiger partial charge in [0.15, 0.2) is 5.69 Å². The first kappa shape index (κ1) is 14.0. The van der Waals surface area contributed by atoms with E-state index < -0.39 is 24.0 Å². The zero-order valence-electron chi connectivity index (χ0n) is 9.91. The second-order valence-electron chi connectivity index (χ2n) is 4.01. The van der Waals surface area contributed by atoms with Gasteiger partial charge in [-0.25, -0.2) is 0 Å². The predicted molar refractivity (Wildman–Crippen MR) is 57.5 cm³/mol. The van der Waals surface area contributed by atoms with E-state index in [2.05, 4.69) is 5.10 Å². The predicted octanol–water partition coefficient (Wildman–Crippen LogP) is 3.01. The molecule has 0 saturated carbocycles. The summed E-state index contributed by atoms with van der Waals surface area (Å²) in [4.78, 5) is 0. The molecule has 17 heavy (non-hydrogen) atoms. The average Bonchev–Trinajstić information content (AvgIpc) is 2.68. The Morgan fingerprint density at radius 3 is 2.47 bits per heavy atom. The van der Waals surface area contributed by atoms with E-state index in [9.17, 15) is 18.3 Å². The van der Waals surface area contributed by atoms with Gasteiger partial charge in [-0.1, -0.05) is 20.3 Å². The minimum Gasteiger partial charge on any atom is -0.391 e. The Morgan fingerprint density at radius 2 is 2.06 bits per heavy atom. The molecule has 0 amide bonds. The van der Waals surface area contributed by atoms with E-state index in [4.69, 9.17) is 0 Å². The molecule has 1 aromatic heterocycles. The third-order valence-electron chi connectivity index (χ3n) is 2.69. The Balaban J connectivity index is 2.86. The largest absolute Gasteiger partial charge is 0.435 e. The average molecular weight is 250 g/mol. The zero-order valence-corrected chi connectivity index (χ0v) is 9.91. The van der Waals surface area contributed by atoms with Gasteiger partial charge in [0.05, 0.1) is 12.1 Å². The number of alkyl halides is 3. The third kappa shape index (κ3) is 3.46. The Bertz CT molecular complexity index is 349. The van der Waals surface area contributed by atoms with Crippen molar-refractivity contribution in [3.8, 4) is 0 Å². The Morgan fingerprint density at radius 1 is 1.41 bits per heavy atom. The molecule has 0 aliphatic heterocycles. The molecular weight excluding hydrogens is 233 g/mol. The van der Waals surface area contributed by atoms with Crippen molar-refractivity contribution in [2.24, 2.45) is 0 Å². The molecule has 0 aliphatic carbocycles. The van der Waals surface area contributed by atoms with Crippen molar-refractivity contribution >= 4 is 0 Å². The quantitative estimate of drug-likeness (QED) is 0.872. The van der Waals surface area contributed by atoms with Crippen LogP contribution in [0.2, 0.25) is 0 Å². The summed E-state index contributed by atoms with van der Waals surface area (Å²) in [7, 11) is 0. The van der Waals surface area contributed by atoms with E-state index in [0.717, 1.165) is 12.5 Å². The molecule has 1 rings (SSSR count). The molecule has 0 radical (unpaired) electrons. The second kappa shape index (κ2) is 5.53. The summed E-state index contributed by atoms with van der Waals surface area (Å²) in [6, 6.07) is 0.535. The molecule has 1 heterocycles. The Labute approximate surface area is 98.2 Å². The molecule has 6 heteroatoms. The van der Waals surface area contributed by atoms with Gasteiger partial charge in [0, 0.05) is 6.20 Å². The molecule has 0 bridgehead atoms. The van der Waals surface area contributed by atoms with Gasteiger partial charge < -0.3 is 5.11 Å². The van der Waals surface area contributed by atoms with Gasteiger partial charge in [0.1, 0.15) is 0 Å². The first-order valence-corrected chi connectivity index (χ1v) is 5.70. The van der Waals surface area contributed by atoms with Crippen molar-refractivity contribution in [3.05, 3.63) is 18.0 Å². The van der Waals surface area contributed by atoms with Crippen LogP contribution in [0.25, 0.3) is 0 Å². The number of hydrogen-bond acceptors (Lipinski definition) is 2. The first-order chi connectivity index (χ1) is 7.90. The van der Waals surface area contributed by atoms with Crippen LogP contribution in [0.15, 0.2) is 12.3 Å². The van der Waals surface area contributed by atoms with Crippen LogP contribution < -0.4 is 0 Å². The lowest BCUT2D eigenvalue weighted by Crippen LogP contribution is -2.24. The van der Waals surface area contributed by atoms with E-state index in [1.165, 1.54) is 10.9 Å². The monoisotopic (exact) mass is 250 g/mol. The highest BCUT2D eigenvalue weighted by molar-refractivity contribution is 5.04. The number of nitrogens with zero attached hydrogens (tertiary/aromatic N) is 2. The summed E-state index contributed by atoms with van der Waals surface area (Å²) in [6.07, 6.45) is -1.94. The highest BCUT2D eigenvalue weighted by Gasteiger charge is 2.34. The smallest absolute Gasteiger partial charge is 0.391 e. The fourth-order valence-electron chi connectivity index (χ4n) is 1.80. The van der Waals surface area contributed by atoms with Crippen LogP contribution in [0, 0.1) is 0 Å². The Kier molecular flexibility index (Phi) is 4.56. The lowest BCUT2D eigenvalue weighted by atomic mass is 10.0. The molecule has 3 nitrogen and oxygen atoms in total. The van der Waals surface area contributed by atoms with Crippen LogP contribution >= 0.6 is 0 Å². The van der Waals surface area contributed by atoms with Crippen LogP contribution in [0.5, 0.6) is 0 Å². The number of aromatic nitrogens is 2. The van der Waals surface area contributed by atoms with Crippen molar-refractivity contribution in [3.63, 3.8) is 0 Å². The zero-order chi connectivity index (χ0) is 13.1. The minimum atomic E-state index is -4.43. The SMILES string of the molecule is CCCC(O)C(CC)n1ccc(C(F)(F)F)n1. The maximum absolute atomic E-state index is 12.4. The van der Waals surface area contributed by atoms with Gasteiger partial charge in [0.25, 0.3) is 0 Å². The van der Waals surface area contributed by atoms with E-state index in [-0.39, 0.29) is 0 Å². The normalized spacial score (nSPS) is 15.9. The van der Waals surface area contributed by atoms with Crippen LogP contribution in [-0.2, 0) is 6.18 Å². The first-order valence-electron chi connectivity index (χ1n) is 5.70. The molecule has 2 atom stereocenters. The lowest BCUT2D eigenvalue weighted by Gasteiger charge is -2.21. The fourth-order valence-corrected chi connectivity index (χ4v) is 1.80. The maximum Gasteiger partial charge on any atom is 0.435 e. The summed E-state index contributed by atoms with van der Waals surface area (Å²) in [5, 5.41) is 13.3. The fraction of sp³-hybridized carbons (Fsp3) is 0.727. The van der Waals surface area contributed by atoms with Crippen molar-refractivity contribution in [2.45, 2.75) is 51.4 Å². The van der Waals surface area contributed by atoms with E-state index in [0.29, 0.717) is 12.8 Å². The number of rotatable bonds is 5. The molecule has 0 saturated heterocycles. The van der Waals surface area contributed by atoms with Gasteiger partial charge in [0.2, 0.25) is 0 Å². The van der Waals surface area contributed by atoms with Crippen molar-refractivity contribution in [1.29, 1.82) is 0 Å². The highest BCUT2D eigenvalue weighted by Crippen LogP contribution is 2.29. The molecule has 98 valence electrons. The lowest BCUT2D eigenvalue weighted by molar-refractivity contribution is -0.141. The maximum atomic E-state index is 12.4. The molecule has 2 unspecified atom stereocenters. The number of aliphatic hydroxyl groups is 1. The Hall–Kier alpha value is -1.04. The van der Waals surface area contributed by atoms with Crippen LogP contribution in [0.1, 0.15) is 44.8 Å². The van der Waals surface area contributed by atoms with E-state index in [1.54, 1.807) is 0 Å². The summed E-state index contributed by atoms with van der Waals surface area (Å²) < 4.78 is 38.3. The third-order valence-corrected chi connectivity index (χ3v) is 2.69. The molecule has 1 aromatic rings. The summed E-state index contributed by atoms with van der Waals surface area (Å²) >= 11 is 0. The molecule has 0 fully saturated rings. The molecular formula is C11H17F3N2O. The molecule has 0 spiro atoms. The molecule has 1 N–H and O–H groups in total. The van der Waals surface area contributed by atoms with Gasteiger partial charge in [-0.05, 0) is 18.9 Å². The summed E-state index contributed by atoms with van der Waals surface area (Å²) in [5.41, 5.74) is -0.917. The number of halogens is 3. The van der Waals surface area contributed by atoms with Crippen LogP contribution in [0.3, 0.4) is 0 Å². The topological polar surface area (TPSA) is 38.0 Å². The standard InChI is InChI=1S/C11H17F3N2O/c1-3-5-9(17)8(4-2)16-7-6-10(15-16)11(12,13)14/h6-9,17H,3-5H2,1-2H3. The van der Waals surface area contributed by atoms with Crippen LogP contribution in [-0.4, -0.2) is 21.0 Å². The van der Waals surface area contributed by atoms with Gasteiger partial charge in [-0.3, -0.25) is 4.68 Å². The highest BCUT2D eigenvalue weighted by atomic mass is 19.4. The van der Waals surface area contributed by atoms with Crippen molar-refractivity contribution < 1.29 is 18.3 Å². The van der Waals surface area contributed by atoms with Crippen molar-refractivity contribution in [1.82, 2.24) is 9.78 Å². The van der Waals surface area contributed by atoms with E-state index >= 15 is 0 Å². The minimum absolute atomic E-state index is 0.397. The summed E-state index contributed by atoms with van der Waals surface area (Å²) in [5.74, 6) is 0. The second-order valence-corrected chi connectivity index (χ2v) is 4.01. The molecule has 0 aromatic carbocycles. The van der Waals surface area contributed by atoms with Crippen molar-refractivity contribution in [2.75, 3.05) is 0 Å². The van der Waals surface area contributed by atoms with Gasteiger partial charge in [-0.2, -0.15) is 18.3 Å².